The first-order chi connectivity index (χ1) is 9.16. The van der Waals surface area contributed by atoms with Crippen molar-refractivity contribution in [2.75, 3.05) is 7.11 Å². The van der Waals surface area contributed by atoms with Crippen molar-refractivity contribution in [1.29, 1.82) is 0 Å². The van der Waals surface area contributed by atoms with Gasteiger partial charge in [-0.1, -0.05) is 6.07 Å². The number of ether oxygens (including phenoxy) is 1. The second kappa shape index (κ2) is 6.10. The molecule has 5 nitrogen and oxygen atoms in total. The number of methoxy groups -OCH3 is 1. The first kappa shape index (κ1) is 16.3. The molecule has 0 spiro atoms. The highest BCUT2D eigenvalue weighted by Gasteiger charge is 2.32. The van der Waals surface area contributed by atoms with Gasteiger partial charge >= 0.3 is 6.18 Å². The van der Waals surface area contributed by atoms with E-state index in [1.54, 1.807) is 0 Å². The van der Waals surface area contributed by atoms with Gasteiger partial charge < -0.3 is 20.7 Å². The molecule has 0 heterocycles. The number of primary amides is 1. The molecule has 1 rings (SSSR count). The molecule has 4 N–H and O–H groups in total. The number of hydrogen-bond acceptors (Lipinski definition) is 4. The van der Waals surface area contributed by atoms with Gasteiger partial charge in [-0.3, -0.25) is 4.79 Å². The van der Waals surface area contributed by atoms with Gasteiger partial charge in [0, 0.05) is 5.56 Å². The van der Waals surface area contributed by atoms with Gasteiger partial charge in [0.15, 0.2) is 0 Å². The first-order valence-corrected chi connectivity index (χ1v) is 5.56. The molecule has 8 heteroatoms. The van der Waals surface area contributed by atoms with Crippen molar-refractivity contribution in [3.63, 3.8) is 0 Å². The van der Waals surface area contributed by atoms with E-state index in [-0.39, 0.29) is 11.3 Å². The molecule has 0 aliphatic rings. The maximum atomic E-state index is 12.5. The molecule has 1 amide bonds. The van der Waals surface area contributed by atoms with E-state index >= 15 is 0 Å². The van der Waals surface area contributed by atoms with Crippen LogP contribution in [0.5, 0.6) is 5.75 Å². The Morgan fingerprint density at radius 1 is 1.40 bits per heavy atom. The van der Waals surface area contributed by atoms with Gasteiger partial charge in [0.2, 0.25) is 5.91 Å². The number of carbonyl (C=O) groups excluding carboxylic acids is 1. The largest absolute Gasteiger partial charge is 0.496 e. The summed E-state index contributed by atoms with van der Waals surface area (Å²) in [7, 11) is 1.13. The quantitative estimate of drug-likeness (QED) is 0.754. The minimum Gasteiger partial charge on any atom is -0.496 e. The fourth-order valence-corrected chi connectivity index (χ4v) is 1.66. The number of aliphatic hydroxyl groups excluding tert-OH is 2. The number of nitrogens with two attached hydrogens (primary N) is 1. The number of hydrogen-bond donors (Lipinski definition) is 3. The second-order valence-electron chi connectivity index (χ2n) is 4.14. The van der Waals surface area contributed by atoms with Crippen LogP contribution in [0.25, 0.3) is 0 Å². The Morgan fingerprint density at radius 2 is 2.00 bits per heavy atom. The number of amides is 1. The summed E-state index contributed by atoms with van der Waals surface area (Å²) in [6.07, 6.45) is -8.19. The summed E-state index contributed by atoms with van der Waals surface area (Å²) in [6, 6.07) is 2.43. The first-order valence-electron chi connectivity index (χ1n) is 5.56. The maximum Gasteiger partial charge on any atom is 0.416 e. The lowest BCUT2D eigenvalue weighted by Crippen LogP contribution is -2.26. The number of halogens is 3. The van der Waals surface area contributed by atoms with Crippen molar-refractivity contribution < 1.29 is 32.9 Å². The van der Waals surface area contributed by atoms with E-state index in [0.29, 0.717) is 6.07 Å². The molecule has 2 atom stereocenters. The normalized spacial score (nSPS) is 14.7. The summed E-state index contributed by atoms with van der Waals surface area (Å²) in [5, 5.41) is 19.4. The van der Waals surface area contributed by atoms with Gasteiger partial charge in [-0.2, -0.15) is 13.2 Å². The lowest BCUT2D eigenvalue weighted by molar-refractivity contribution is -0.137. The van der Waals surface area contributed by atoms with E-state index in [1.165, 1.54) is 0 Å². The standard InChI is InChI=1S/C12H14F3NO4/c1-20-9-4-6(12(13,14)15)2-3-7(9)11(19)8(17)5-10(16)18/h2-4,8,11,17,19H,5H2,1H3,(H2,16,18). The van der Waals surface area contributed by atoms with Crippen molar-refractivity contribution in [1.82, 2.24) is 0 Å². The van der Waals surface area contributed by atoms with E-state index in [1.807, 2.05) is 0 Å². The summed E-state index contributed by atoms with van der Waals surface area (Å²) in [5.74, 6) is -1.08. The average Bonchev–Trinajstić information content (AvgIpc) is 2.35. The zero-order chi connectivity index (χ0) is 15.5. The van der Waals surface area contributed by atoms with E-state index in [2.05, 4.69) is 0 Å². The van der Waals surface area contributed by atoms with Crippen LogP contribution >= 0.6 is 0 Å². The minimum atomic E-state index is -4.55. The van der Waals surface area contributed by atoms with Crippen LogP contribution in [0.2, 0.25) is 0 Å². The summed E-state index contributed by atoms with van der Waals surface area (Å²) in [4.78, 5) is 10.7. The minimum absolute atomic E-state index is 0.0609. The molecule has 2 unspecified atom stereocenters. The Bertz CT molecular complexity index is 490. The lowest BCUT2D eigenvalue weighted by Gasteiger charge is -2.20. The number of carbonyl (C=O) groups is 1. The van der Waals surface area contributed by atoms with Gasteiger partial charge in [-0.25, -0.2) is 0 Å². The summed E-state index contributed by atoms with van der Waals surface area (Å²) >= 11 is 0. The third kappa shape index (κ3) is 3.84. The van der Waals surface area contributed by atoms with E-state index < -0.39 is 36.3 Å². The molecule has 1 aromatic rings. The van der Waals surface area contributed by atoms with Crippen LogP contribution in [-0.4, -0.2) is 29.3 Å². The number of benzene rings is 1. The molecule has 0 fully saturated rings. The van der Waals surface area contributed by atoms with E-state index in [4.69, 9.17) is 10.5 Å². The molecule has 0 aliphatic carbocycles. The van der Waals surface area contributed by atoms with Crippen LogP contribution in [0.15, 0.2) is 18.2 Å². The van der Waals surface area contributed by atoms with Gasteiger partial charge in [-0.05, 0) is 12.1 Å². The Morgan fingerprint density at radius 3 is 2.45 bits per heavy atom. The van der Waals surface area contributed by atoms with Crippen LogP contribution in [-0.2, 0) is 11.0 Å². The smallest absolute Gasteiger partial charge is 0.416 e. The number of alkyl halides is 3. The fourth-order valence-electron chi connectivity index (χ4n) is 1.66. The molecule has 0 saturated heterocycles. The third-order valence-electron chi connectivity index (χ3n) is 2.65. The van der Waals surface area contributed by atoms with Crippen molar-refractivity contribution in [2.45, 2.75) is 24.8 Å². The molecule has 0 radical (unpaired) electrons. The topological polar surface area (TPSA) is 92.8 Å². The lowest BCUT2D eigenvalue weighted by atomic mass is 9.99. The van der Waals surface area contributed by atoms with Crippen LogP contribution in [0.1, 0.15) is 23.7 Å². The van der Waals surface area contributed by atoms with Gasteiger partial charge in [0.25, 0.3) is 0 Å². The van der Waals surface area contributed by atoms with Gasteiger partial charge in [0.1, 0.15) is 11.9 Å². The summed E-state index contributed by atoms with van der Waals surface area (Å²) in [5.41, 5.74) is 3.86. The van der Waals surface area contributed by atoms with Crippen molar-refractivity contribution >= 4 is 5.91 Å². The Balaban J connectivity index is 3.09. The average molecular weight is 293 g/mol. The summed E-state index contributed by atoms with van der Waals surface area (Å²) in [6.45, 7) is 0. The maximum absolute atomic E-state index is 12.5. The van der Waals surface area contributed by atoms with Gasteiger partial charge in [0.05, 0.1) is 25.2 Å². The molecular weight excluding hydrogens is 279 g/mol. The van der Waals surface area contributed by atoms with Crippen molar-refractivity contribution in [3.05, 3.63) is 29.3 Å². The van der Waals surface area contributed by atoms with Crippen LogP contribution in [0.3, 0.4) is 0 Å². The fraction of sp³-hybridized carbons (Fsp3) is 0.417. The Hall–Kier alpha value is -1.80. The Labute approximate surface area is 112 Å². The highest BCUT2D eigenvalue weighted by Crippen LogP contribution is 2.35. The molecule has 0 saturated carbocycles. The second-order valence-corrected chi connectivity index (χ2v) is 4.14. The monoisotopic (exact) mass is 293 g/mol. The summed E-state index contributed by atoms with van der Waals surface area (Å²) < 4.78 is 42.4. The molecular formula is C12H14F3NO4. The SMILES string of the molecule is COc1cc(C(F)(F)F)ccc1C(O)C(O)CC(N)=O. The van der Waals surface area contributed by atoms with E-state index in [9.17, 15) is 28.2 Å². The highest BCUT2D eigenvalue weighted by atomic mass is 19.4. The van der Waals surface area contributed by atoms with Gasteiger partial charge in [-0.15, -0.1) is 0 Å². The molecule has 0 bridgehead atoms. The number of aliphatic hydroxyl groups is 2. The van der Waals surface area contributed by atoms with E-state index in [0.717, 1.165) is 19.2 Å². The molecule has 1 aromatic carbocycles. The van der Waals surface area contributed by atoms with Crippen molar-refractivity contribution in [2.24, 2.45) is 5.73 Å². The predicted molar refractivity (Wildman–Crippen MR) is 62.8 cm³/mol. The van der Waals surface area contributed by atoms with Crippen LogP contribution in [0, 0.1) is 0 Å². The molecule has 112 valence electrons. The zero-order valence-electron chi connectivity index (χ0n) is 10.5. The third-order valence-corrected chi connectivity index (χ3v) is 2.65. The van der Waals surface area contributed by atoms with Crippen molar-refractivity contribution in [3.8, 4) is 5.75 Å². The zero-order valence-corrected chi connectivity index (χ0v) is 10.5. The highest BCUT2D eigenvalue weighted by molar-refractivity contribution is 5.74. The predicted octanol–water partition coefficient (Wildman–Crippen LogP) is 0.984. The molecule has 0 aromatic heterocycles. The van der Waals surface area contributed by atoms with Crippen LogP contribution < -0.4 is 10.5 Å². The molecule has 20 heavy (non-hydrogen) atoms. The molecule has 0 aliphatic heterocycles. The number of rotatable bonds is 5. The van der Waals surface area contributed by atoms with Crippen LogP contribution in [0.4, 0.5) is 13.2 Å². The Kier molecular flexibility index (Phi) is 4.96.